The summed E-state index contributed by atoms with van der Waals surface area (Å²) >= 11 is 0. The average Bonchev–Trinajstić information content (AvgIpc) is 2.33. The van der Waals surface area contributed by atoms with Crippen molar-refractivity contribution in [3.8, 4) is 6.07 Å². The second-order valence-electron chi connectivity index (χ2n) is 3.69. The van der Waals surface area contributed by atoms with E-state index in [0.717, 1.165) is 0 Å². The number of nitrogens with one attached hydrogen (secondary N) is 2. The molecule has 0 aliphatic rings. The summed E-state index contributed by atoms with van der Waals surface area (Å²) in [6, 6.07) is 7.65. The van der Waals surface area contributed by atoms with Crippen LogP contribution in [0.4, 0.5) is 15.9 Å². The van der Waals surface area contributed by atoms with Gasteiger partial charge in [0.05, 0.1) is 0 Å². The number of hydrogen-bond acceptors (Lipinski definition) is 4. The molecule has 0 amide bonds. The minimum absolute atomic E-state index is 0.108. The Bertz CT molecular complexity index is 687. The number of H-pyrrole nitrogens is 1. The van der Waals surface area contributed by atoms with E-state index in [-0.39, 0.29) is 17.3 Å². The van der Waals surface area contributed by atoms with E-state index in [9.17, 15) is 9.18 Å². The van der Waals surface area contributed by atoms with Gasteiger partial charge in [0, 0.05) is 11.8 Å². The lowest BCUT2D eigenvalue weighted by molar-refractivity contribution is 0.619. The van der Waals surface area contributed by atoms with Crippen molar-refractivity contribution in [2.24, 2.45) is 0 Å². The van der Waals surface area contributed by atoms with Crippen LogP contribution in [0.2, 0.25) is 0 Å². The third-order valence-corrected chi connectivity index (χ3v) is 2.30. The van der Waals surface area contributed by atoms with Crippen LogP contribution in [0.3, 0.4) is 0 Å². The van der Waals surface area contributed by atoms with Crippen LogP contribution in [0, 0.1) is 24.1 Å². The summed E-state index contributed by atoms with van der Waals surface area (Å²) in [7, 11) is 0. The predicted molar refractivity (Wildman–Crippen MR) is 64.0 cm³/mol. The van der Waals surface area contributed by atoms with E-state index in [2.05, 4.69) is 15.3 Å². The molecule has 6 heteroatoms. The monoisotopic (exact) mass is 244 g/mol. The molecule has 0 unspecified atom stereocenters. The summed E-state index contributed by atoms with van der Waals surface area (Å²) in [5, 5.41) is 11.5. The number of aromatic amines is 1. The molecule has 2 N–H and O–H groups in total. The second kappa shape index (κ2) is 4.67. The molecule has 2 aromatic rings. The first-order chi connectivity index (χ1) is 8.58. The zero-order valence-corrected chi connectivity index (χ0v) is 9.49. The standard InChI is InChI=1S/C12H9FN4O/c1-7-4-8(2-3-10(7)13)15-11-5-9(6-14)16-12(18)17-11/h2-5H,1H3,(H2,15,16,17,18). The topological polar surface area (TPSA) is 81.6 Å². The maximum absolute atomic E-state index is 13.1. The van der Waals surface area contributed by atoms with E-state index in [0.29, 0.717) is 11.3 Å². The van der Waals surface area contributed by atoms with Gasteiger partial charge in [-0.05, 0) is 30.7 Å². The molecule has 0 fully saturated rings. The van der Waals surface area contributed by atoms with Crippen LogP contribution in [0.15, 0.2) is 29.1 Å². The van der Waals surface area contributed by atoms with Crippen molar-refractivity contribution in [1.29, 1.82) is 5.26 Å². The van der Waals surface area contributed by atoms with E-state index < -0.39 is 5.69 Å². The third kappa shape index (κ3) is 2.52. The highest BCUT2D eigenvalue weighted by molar-refractivity contribution is 5.57. The van der Waals surface area contributed by atoms with Crippen molar-refractivity contribution in [3.05, 3.63) is 51.8 Å². The van der Waals surface area contributed by atoms with Gasteiger partial charge in [0.1, 0.15) is 23.4 Å². The molecule has 1 aromatic heterocycles. The fourth-order valence-corrected chi connectivity index (χ4v) is 1.45. The summed E-state index contributed by atoms with van der Waals surface area (Å²) in [6.07, 6.45) is 0. The van der Waals surface area contributed by atoms with Gasteiger partial charge in [-0.25, -0.2) is 9.18 Å². The summed E-state index contributed by atoms with van der Waals surface area (Å²) in [6.45, 7) is 1.63. The van der Waals surface area contributed by atoms with Gasteiger partial charge >= 0.3 is 5.69 Å². The first-order valence-corrected chi connectivity index (χ1v) is 5.13. The highest BCUT2D eigenvalue weighted by Gasteiger charge is 2.03. The van der Waals surface area contributed by atoms with Crippen molar-refractivity contribution < 1.29 is 4.39 Å². The minimum Gasteiger partial charge on any atom is -0.340 e. The summed E-state index contributed by atoms with van der Waals surface area (Å²) in [5.41, 5.74) is 0.563. The largest absolute Gasteiger partial charge is 0.347 e. The number of nitriles is 1. The molecule has 0 atom stereocenters. The summed E-state index contributed by atoms with van der Waals surface area (Å²) in [5.74, 6) is -0.0709. The van der Waals surface area contributed by atoms with Gasteiger partial charge < -0.3 is 5.32 Å². The predicted octanol–water partition coefficient (Wildman–Crippen LogP) is 1.83. The number of aromatic nitrogens is 2. The Kier molecular flexibility index (Phi) is 3.06. The first kappa shape index (κ1) is 11.8. The number of benzene rings is 1. The lowest BCUT2D eigenvalue weighted by Gasteiger charge is -2.06. The molecule has 18 heavy (non-hydrogen) atoms. The summed E-state index contributed by atoms with van der Waals surface area (Å²) < 4.78 is 13.1. The Balaban J connectivity index is 2.34. The van der Waals surface area contributed by atoms with Crippen LogP contribution < -0.4 is 11.0 Å². The Hall–Kier alpha value is -2.68. The fourth-order valence-electron chi connectivity index (χ4n) is 1.45. The Labute approximate surface area is 102 Å². The molecule has 0 radical (unpaired) electrons. The number of nitrogens with zero attached hydrogens (tertiary/aromatic N) is 2. The molecule has 1 aromatic carbocycles. The Morgan fingerprint density at radius 2 is 2.22 bits per heavy atom. The van der Waals surface area contributed by atoms with Gasteiger partial charge in [0.25, 0.3) is 0 Å². The molecule has 1 heterocycles. The van der Waals surface area contributed by atoms with Gasteiger partial charge in [0.2, 0.25) is 0 Å². The van der Waals surface area contributed by atoms with E-state index in [1.807, 2.05) is 6.07 Å². The molecule has 0 saturated heterocycles. The number of halogens is 1. The highest BCUT2D eigenvalue weighted by atomic mass is 19.1. The molecule has 0 bridgehead atoms. The molecular weight excluding hydrogens is 235 g/mol. The van der Waals surface area contributed by atoms with Gasteiger partial charge in [0.15, 0.2) is 0 Å². The number of aryl methyl sites for hydroxylation is 1. The van der Waals surface area contributed by atoms with Gasteiger partial charge in [-0.1, -0.05) is 0 Å². The van der Waals surface area contributed by atoms with Crippen LogP contribution in [-0.4, -0.2) is 9.97 Å². The van der Waals surface area contributed by atoms with Crippen LogP contribution in [0.1, 0.15) is 11.3 Å². The van der Waals surface area contributed by atoms with Crippen LogP contribution in [-0.2, 0) is 0 Å². The van der Waals surface area contributed by atoms with Crippen LogP contribution >= 0.6 is 0 Å². The zero-order valence-electron chi connectivity index (χ0n) is 9.49. The van der Waals surface area contributed by atoms with Crippen LogP contribution in [0.5, 0.6) is 0 Å². The van der Waals surface area contributed by atoms with Crippen molar-refractivity contribution in [2.75, 3.05) is 5.32 Å². The molecule has 90 valence electrons. The van der Waals surface area contributed by atoms with Gasteiger partial charge in [-0.2, -0.15) is 10.2 Å². The van der Waals surface area contributed by atoms with E-state index in [1.165, 1.54) is 18.2 Å². The molecule has 0 spiro atoms. The molecule has 2 rings (SSSR count). The lowest BCUT2D eigenvalue weighted by atomic mass is 10.2. The number of anilines is 2. The van der Waals surface area contributed by atoms with Gasteiger partial charge in [-0.15, -0.1) is 0 Å². The minimum atomic E-state index is -0.615. The van der Waals surface area contributed by atoms with Gasteiger partial charge in [-0.3, -0.25) is 4.98 Å². The Morgan fingerprint density at radius 3 is 2.89 bits per heavy atom. The lowest BCUT2D eigenvalue weighted by Crippen LogP contribution is -2.13. The third-order valence-electron chi connectivity index (χ3n) is 2.30. The van der Waals surface area contributed by atoms with Crippen molar-refractivity contribution in [1.82, 2.24) is 9.97 Å². The maximum Gasteiger partial charge on any atom is 0.347 e. The number of hydrogen-bond donors (Lipinski definition) is 2. The first-order valence-electron chi connectivity index (χ1n) is 5.13. The fraction of sp³-hybridized carbons (Fsp3) is 0.0833. The van der Waals surface area contributed by atoms with E-state index >= 15 is 0 Å². The summed E-state index contributed by atoms with van der Waals surface area (Å²) in [4.78, 5) is 17.1. The second-order valence-corrected chi connectivity index (χ2v) is 3.69. The zero-order chi connectivity index (χ0) is 13.1. The van der Waals surface area contributed by atoms with Crippen molar-refractivity contribution in [3.63, 3.8) is 0 Å². The molecule has 0 aliphatic heterocycles. The SMILES string of the molecule is Cc1cc(Nc2cc(C#N)[nH]c(=O)n2)ccc1F. The molecule has 0 aliphatic carbocycles. The quantitative estimate of drug-likeness (QED) is 0.844. The van der Waals surface area contributed by atoms with E-state index in [4.69, 9.17) is 5.26 Å². The molecular formula is C12H9FN4O. The van der Waals surface area contributed by atoms with Crippen LogP contribution in [0.25, 0.3) is 0 Å². The average molecular weight is 244 g/mol. The normalized spacial score (nSPS) is 9.83. The van der Waals surface area contributed by atoms with E-state index in [1.54, 1.807) is 13.0 Å². The maximum atomic E-state index is 13.1. The number of rotatable bonds is 2. The van der Waals surface area contributed by atoms with Crippen molar-refractivity contribution >= 4 is 11.5 Å². The van der Waals surface area contributed by atoms with Crippen molar-refractivity contribution in [2.45, 2.75) is 6.92 Å². The highest BCUT2D eigenvalue weighted by Crippen LogP contribution is 2.17. The Morgan fingerprint density at radius 1 is 1.44 bits per heavy atom. The molecule has 5 nitrogen and oxygen atoms in total. The smallest absolute Gasteiger partial charge is 0.340 e. The molecule has 0 saturated carbocycles.